The van der Waals surface area contributed by atoms with E-state index < -0.39 is 17.9 Å². The lowest BCUT2D eigenvalue weighted by Crippen LogP contribution is -2.32. The number of nitrogens with one attached hydrogen (secondary N) is 1. The fourth-order valence-electron chi connectivity index (χ4n) is 4.64. The van der Waals surface area contributed by atoms with Gasteiger partial charge < -0.3 is 19.5 Å². The molecule has 1 N–H and O–H groups in total. The zero-order valence-corrected chi connectivity index (χ0v) is 21.7. The first-order chi connectivity index (χ1) is 17.8. The van der Waals surface area contributed by atoms with Crippen molar-refractivity contribution in [1.29, 1.82) is 0 Å². The van der Waals surface area contributed by atoms with E-state index in [1.54, 1.807) is 24.4 Å². The third-order valence-corrected chi connectivity index (χ3v) is 7.41. The second kappa shape index (κ2) is 9.74. The van der Waals surface area contributed by atoms with Crippen LogP contribution in [0, 0.1) is 13.8 Å². The van der Waals surface area contributed by atoms with Gasteiger partial charge in [-0.25, -0.2) is 4.79 Å². The quantitative estimate of drug-likeness (QED) is 0.369. The Morgan fingerprint density at radius 2 is 1.81 bits per heavy atom. The van der Waals surface area contributed by atoms with Crippen LogP contribution in [0.3, 0.4) is 0 Å². The number of fused-ring (bicyclic) bond motifs is 2. The van der Waals surface area contributed by atoms with Crippen molar-refractivity contribution in [1.82, 2.24) is 4.57 Å². The number of thiophene rings is 1. The van der Waals surface area contributed by atoms with E-state index in [2.05, 4.69) is 5.32 Å². The molecule has 8 nitrogen and oxygen atoms in total. The second-order valence-electron chi connectivity index (χ2n) is 8.88. The molecule has 0 spiro atoms. The molecule has 0 aliphatic carbocycles. The first-order valence-electron chi connectivity index (χ1n) is 11.8. The molecular formula is C28H26N2O6S. The lowest BCUT2D eigenvalue weighted by molar-refractivity contribution is -0.118. The SMILES string of the molecule is COC(=O)c1c(-c2ccc3c(c2)OCCO3)csc1NC(=O)C(C)n1c(=O)cc(C)c2cccc(C)c21. The van der Waals surface area contributed by atoms with Gasteiger partial charge in [0.25, 0.3) is 5.56 Å². The molecule has 190 valence electrons. The average Bonchev–Trinajstić information content (AvgIpc) is 3.31. The molecule has 9 heteroatoms. The van der Waals surface area contributed by atoms with Gasteiger partial charge >= 0.3 is 5.97 Å². The zero-order valence-electron chi connectivity index (χ0n) is 20.9. The Labute approximate surface area is 217 Å². The van der Waals surface area contributed by atoms with Gasteiger partial charge in [-0.05, 0) is 49.6 Å². The number of pyridine rings is 1. The Balaban J connectivity index is 1.53. The van der Waals surface area contributed by atoms with E-state index in [0.717, 1.165) is 22.1 Å². The standard InChI is InChI=1S/C28H26N2O6S/c1-15-6-5-7-19-16(2)12-23(31)30(25(15)19)17(3)26(32)29-27-24(28(33)34-4)20(14-37-27)18-8-9-21-22(13-18)36-11-10-35-21/h5-9,12-14,17H,10-11H2,1-4H3,(H,29,32). The van der Waals surface area contributed by atoms with E-state index in [1.807, 2.05) is 38.1 Å². The molecule has 0 radical (unpaired) electrons. The summed E-state index contributed by atoms with van der Waals surface area (Å²) in [5, 5.41) is 5.90. The Bertz CT molecular complexity index is 1600. The minimum Gasteiger partial charge on any atom is -0.486 e. The van der Waals surface area contributed by atoms with Crippen LogP contribution in [0.1, 0.15) is 34.5 Å². The molecule has 2 aromatic heterocycles. The van der Waals surface area contributed by atoms with Crippen molar-refractivity contribution in [3.8, 4) is 22.6 Å². The Morgan fingerprint density at radius 3 is 2.57 bits per heavy atom. The molecule has 5 rings (SSSR count). The molecule has 0 bridgehead atoms. The van der Waals surface area contributed by atoms with E-state index in [9.17, 15) is 14.4 Å². The van der Waals surface area contributed by atoms with Crippen LogP contribution in [0.2, 0.25) is 0 Å². The highest BCUT2D eigenvalue weighted by Gasteiger charge is 2.26. The summed E-state index contributed by atoms with van der Waals surface area (Å²) in [5.74, 6) is 0.225. The molecule has 1 amide bonds. The summed E-state index contributed by atoms with van der Waals surface area (Å²) in [6.07, 6.45) is 0. The number of amides is 1. The van der Waals surface area contributed by atoms with Gasteiger partial charge in [-0.3, -0.25) is 14.2 Å². The Morgan fingerprint density at radius 1 is 1.05 bits per heavy atom. The predicted octanol–water partition coefficient (Wildman–Crippen LogP) is 5.10. The molecule has 0 fully saturated rings. The molecule has 37 heavy (non-hydrogen) atoms. The third-order valence-electron chi connectivity index (χ3n) is 6.52. The number of esters is 1. The smallest absolute Gasteiger partial charge is 0.341 e. The van der Waals surface area contributed by atoms with E-state index in [0.29, 0.717) is 40.8 Å². The van der Waals surface area contributed by atoms with Crippen LogP contribution in [0.15, 0.2) is 52.6 Å². The molecule has 1 unspecified atom stereocenters. The molecular weight excluding hydrogens is 492 g/mol. The van der Waals surface area contributed by atoms with Gasteiger partial charge in [-0.1, -0.05) is 24.3 Å². The second-order valence-corrected chi connectivity index (χ2v) is 9.76. The summed E-state index contributed by atoms with van der Waals surface area (Å²) < 4.78 is 17.8. The first kappa shape index (κ1) is 24.6. The van der Waals surface area contributed by atoms with E-state index in [4.69, 9.17) is 14.2 Å². The summed E-state index contributed by atoms with van der Waals surface area (Å²) in [4.78, 5) is 39.3. The van der Waals surface area contributed by atoms with Crippen LogP contribution >= 0.6 is 11.3 Å². The number of benzene rings is 2. The van der Waals surface area contributed by atoms with Crippen LogP contribution in [0.5, 0.6) is 11.5 Å². The van der Waals surface area contributed by atoms with Gasteiger partial charge in [0.15, 0.2) is 11.5 Å². The van der Waals surface area contributed by atoms with Crippen molar-refractivity contribution >= 4 is 39.1 Å². The molecule has 4 aromatic rings. The summed E-state index contributed by atoms with van der Waals surface area (Å²) in [5.41, 5.74) is 3.76. The van der Waals surface area contributed by atoms with Gasteiger partial charge in [0.1, 0.15) is 29.8 Å². The number of hydrogen-bond donors (Lipinski definition) is 1. The molecule has 0 saturated heterocycles. The number of rotatable bonds is 5. The van der Waals surface area contributed by atoms with Crippen LogP contribution in [0.4, 0.5) is 5.00 Å². The predicted molar refractivity (Wildman–Crippen MR) is 143 cm³/mol. The van der Waals surface area contributed by atoms with Crippen LogP contribution in [-0.2, 0) is 9.53 Å². The summed E-state index contributed by atoms with van der Waals surface area (Å²) in [6, 6.07) is 11.9. The van der Waals surface area contributed by atoms with Crippen molar-refractivity contribution in [3.05, 3.63) is 74.9 Å². The number of hydrogen-bond acceptors (Lipinski definition) is 7. The van der Waals surface area contributed by atoms with Crippen LogP contribution in [0.25, 0.3) is 22.0 Å². The lowest BCUT2D eigenvalue weighted by atomic mass is 10.0. The van der Waals surface area contributed by atoms with Crippen molar-refractivity contribution in [3.63, 3.8) is 0 Å². The largest absolute Gasteiger partial charge is 0.486 e. The van der Waals surface area contributed by atoms with E-state index >= 15 is 0 Å². The fourth-order valence-corrected chi connectivity index (χ4v) is 5.60. The lowest BCUT2D eigenvalue weighted by Gasteiger charge is -2.20. The van der Waals surface area contributed by atoms with Crippen molar-refractivity contribution < 1.29 is 23.8 Å². The average molecular weight is 519 g/mol. The highest BCUT2D eigenvalue weighted by molar-refractivity contribution is 7.15. The highest BCUT2D eigenvalue weighted by atomic mass is 32.1. The van der Waals surface area contributed by atoms with Gasteiger partial charge in [0.05, 0.1) is 12.6 Å². The van der Waals surface area contributed by atoms with Gasteiger partial charge in [0.2, 0.25) is 5.91 Å². The minimum absolute atomic E-state index is 0.238. The summed E-state index contributed by atoms with van der Waals surface area (Å²) in [6.45, 7) is 6.38. The van der Waals surface area contributed by atoms with Gasteiger partial charge in [0, 0.05) is 22.4 Å². The van der Waals surface area contributed by atoms with Gasteiger partial charge in [-0.2, -0.15) is 0 Å². The topological polar surface area (TPSA) is 95.9 Å². The van der Waals surface area contributed by atoms with E-state index in [1.165, 1.54) is 29.1 Å². The maximum atomic E-state index is 13.5. The van der Waals surface area contributed by atoms with Crippen molar-refractivity contribution in [2.45, 2.75) is 26.8 Å². The number of aromatic nitrogens is 1. The van der Waals surface area contributed by atoms with Crippen molar-refractivity contribution in [2.75, 3.05) is 25.6 Å². The number of nitrogens with zero attached hydrogens (tertiary/aromatic N) is 1. The molecule has 3 heterocycles. The molecule has 1 aliphatic heterocycles. The maximum Gasteiger partial charge on any atom is 0.341 e. The normalized spacial score (nSPS) is 13.3. The minimum atomic E-state index is -0.831. The number of anilines is 1. The number of methoxy groups -OCH3 is 1. The number of para-hydroxylation sites is 1. The molecule has 2 aromatic carbocycles. The Kier molecular flexibility index (Phi) is 6.47. The van der Waals surface area contributed by atoms with E-state index in [-0.39, 0.29) is 11.1 Å². The maximum absolute atomic E-state index is 13.5. The molecule has 0 saturated carbocycles. The molecule has 1 aliphatic rings. The molecule has 1 atom stereocenters. The fraction of sp³-hybridized carbons (Fsp3) is 0.250. The monoisotopic (exact) mass is 518 g/mol. The van der Waals surface area contributed by atoms with Crippen LogP contribution in [-0.4, -0.2) is 36.8 Å². The number of carbonyl (C=O) groups excluding carboxylic acids is 2. The van der Waals surface area contributed by atoms with Crippen molar-refractivity contribution in [2.24, 2.45) is 0 Å². The number of carbonyl (C=O) groups is 2. The third kappa shape index (κ3) is 4.35. The number of ether oxygens (including phenoxy) is 3. The number of aryl methyl sites for hydroxylation is 2. The zero-order chi connectivity index (χ0) is 26.3. The summed E-state index contributed by atoms with van der Waals surface area (Å²) in [7, 11) is 1.29. The first-order valence-corrected chi connectivity index (χ1v) is 12.7. The highest BCUT2D eigenvalue weighted by Crippen LogP contribution is 2.40. The van der Waals surface area contributed by atoms with Crippen LogP contribution < -0.4 is 20.3 Å². The summed E-state index contributed by atoms with van der Waals surface area (Å²) >= 11 is 1.21. The van der Waals surface area contributed by atoms with Gasteiger partial charge in [-0.15, -0.1) is 11.3 Å². The Hall–Kier alpha value is -4.11.